The van der Waals surface area contributed by atoms with Crippen LogP contribution in [0.3, 0.4) is 0 Å². The van der Waals surface area contributed by atoms with Gasteiger partial charge in [-0.25, -0.2) is 4.98 Å². The molecular formula is C19H24N4O3S2. The van der Waals surface area contributed by atoms with Gasteiger partial charge in [0.1, 0.15) is 0 Å². The van der Waals surface area contributed by atoms with Crippen molar-refractivity contribution in [3.63, 3.8) is 0 Å². The van der Waals surface area contributed by atoms with Crippen molar-refractivity contribution in [1.82, 2.24) is 19.7 Å². The first-order valence-corrected chi connectivity index (χ1v) is 10.9. The number of aromatic nitrogens is 4. The van der Waals surface area contributed by atoms with Gasteiger partial charge >= 0.3 is 0 Å². The Morgan fingerprint density at radius 1 is 1.32 bits per heavy atom. The van der Waals surface area contributed by atoms with Crippen LogP contribution in [0.15, 0.2) is 21.1 Å². The molecule has 0 aliphatic rings. The second-order valence-corrected chi connectivity index (χ2v) is 8.48. The van der Waals surface area contributed by atoms with Gasteiger partial charge in [-0.3, -0.25) is 4.79 Å². The molecule has 0 atom stereocenters. The quantitative estimate of drug-likeness (QED) is 0.280. The zero-order chi connectivity index (χ0) is 20.1. The number of ketones is 1. The van der Waals surface area contributed by atoms with Gasteiger partial charge < -0.3 is 13.7 Å². The Labute approximate surface area is 172 Å². The molecule has 0 unspecified atom stereocenters. The highest BCUT2D eigenvalue weighted by atomic mass is 32.2. The van der Waals surface area contributed by atoms with E-state index >= 15 is 0 Å². The molecule has 0 N–H and O–H groups in total. The van der Waals surface area contributed by atoms with Gasteiger partial charge in [0, 0.05) is 42.6 Å². The summed E-state index contributed by atoms with van der Waals surface area (Å²) in [6.07, 6.45) is 1.42. The van der Waals surface area contributed by atoms with E-state index in [0.29, 0.717) is 24.1 Å². The first kappa shape index (κ1) is 20.8. The predicted molar refractivity (Wildman–Crippen MR) is 109 cm³/mol. The largest absolute Gasteiger partial charge is 0.416 e. The first-order chi connectivity index (χ1) is 13.5. The predicted octanol–water partition coefficient (Wildman–Crippen LogP) is 3.86. The van der Waals surface area contributed by atoms with Gasteiger partial charge in [0.05, 0.1) is 22.9 Å². The lowest BCUT2D eigenvalue weighted by Crippen LogP contribution is -2.08. The molecule has 3 aromatic heterocycles. The summed E-state index contributed by atoms with van der Waals surface area (Å²) >= 11 is 2.86. The van der Waals surface area contributed by atoms with E-state index in [0.717, 1.165) is 40.6 Å². The Morgan fingerprint density at radius 2 is 2.14 bits per heavy atom. The highest BCUT2D eigenvalue weighted by Gasteiger charge is 2.17. The number of carbonyl (C=O) groups is 1. The summed E-state index contributed by atoms with van der Waals surface area (Å²) in [6.45, 7) is 7.52. The summed E-state index contributed by atoms with van der Waals surface area (Å²) in [4.78, 5) is 17.1. The number of thiazole rings is 1. The Morgan fingerprint density at radius 3 is 2.86 bits per heavy atom. The maximum absolute atomic E-state index is 12.7. The molecule has 9 heteroatoms. The third-order valence-corrected chi connectivity index (χ3v) is 6.02. The molecule has 3 rings (SSSR count). The topological polar surface area (TPSA) is 83.0 Å². The molecule has 0 saturated carbocycles. The average molecular weight is 421 g/mol. The van der Waals surface area contributed by atoms with E-state index in [1.54, 1.807) is 18.4 Å². The molecule has 0 radical (unpaired) electrons. The second kappa shape index (κ2) is 9.49. The summed E-state index contributed by atoms with van der Waals surface area (Å²) in [5.41, 5.74) is 3.74. The highest BCUT2D eigenvalue weighted by Crippen LogP contribution is 2.22. The van der Waals surface area contributed by atoms with Gasteiger partial charge in [0.2, 0.25) is 5.89 Å². The molecule has 0 saturated heterocycles. The van der Waals surface area contributed by atoms with Crippen LogP contribution in [0.25, 0.3) is 0 Å². The zero-order valence-corrected chi connectivity index (χ0v) is 18.2. The lowest BCUT2D eigenvalue weighted by atomic mass is 10.2. The van der Waals surface area contributed by atoms with E-state index in [1.807, 2.05) is 32.2 Å². The van der Waals surface area contributed by atoms with Gasteiger partial charge in [0.15, 0.2) is 5.78 Å². The molecule has 3 aromatic rings. The highest BCUT2D eigenvalue weighted by molar-refractivity contribution is 7.99. The van der Waals surface area contributed by atoms with Crippen molar-refractivity contribution in [3.8, 4) is 0 Å². The lowest BCUT2D eigenvalue weighted by Gasteiger charge is -2.09. The van der Waals surface area contributed by atoms with Gasteiger partial charge in [-0.05, 0) is 33.3 Å². The van der Waals surface area contributed by atoms with Crippen LogP contribution in [0, 0.1) is 20.8 Å². The molecule has 0 amide bonds. The van der Waals surface area contributed by atoms with Crippen LogP contribution in [-0.2, 0) is 17.7 Å². The Bertz CT molecular complexity index is 945. The van der Waals surface area contributed by atoms with Crippen molar-refractivity contribution in [2.75, 3.05) is 19.5 Å². The maximum atomic E-state index is 12.7. The zero-order valence-electron chi connectivity index (χ0n) is 16.5. The normalized spacial score (nSPS) is 11.3. The fourth-order valence-corrected chi connectivity index (χ4v) is 4.29. The number of rotatable bonds is 10. The van der Waals surface area contributed by atoms with Crippen LogP contribution < -0.4 is 0 Å². The molecule has 3 heterocycles. The smallest absolute Gasteiger partial charge is 0.277 e. The van der Waals surface area contributed by atoms with Crippen molar-refractivity contribution in [3.05, 3.63) is 45.0 Å². The molecular weight excluding hydrogens is 396 g/mol. The number of aryl methyl sites for hydroxylation is 2. The number of methoxy groups -OCH3 is 1. The number of thioether (sulfide) groups is 1. The molecule has 0 aliphatic heterocycles. The molecule has 0 aliphatic carbocycles. The standard InChI is InChI=1S/C19H24N4O3S2/c1-12-8-16(13(2)23(12)6-5-7-25-4)17(24)11-28-19-22-21-18(26-19)9-15-10-27-14(3)20-15/h8,10H,5-7,9,11H2,1-4H3. The van der Waals surface area contributed by atoms with Crippen LogP contribution >= 0.6 is 23.1 Å². The number of hydrogen-bond acceptors (Lipinski definition) is 8. The van der Waals surface area contributed by atoms with Gasteiger partial charge in [0.25, 0.3) is 5.22 Å². The van der Waals surface area contributed by atoms with Crippen molar-refractivity contribution in [1.29, 1.82) is 0 Å². The number of hydrogen-bond donors (Lipinski definition) is 0. The summed E-state index contributed by atoms with van der Waals surface area (Å²) < 4.78 is 12.9. The van der Waals surface area contributed by atoms with Gasteiger partial charge in [-0.15, -0.1) is 21.5 Å². The number of carbonyl (C=O) groups excluding carboxylic acids is 1. The molecule has 0 aromatic carbocycles. The number of Topliss-reactive ketones (excluding diaryl/α,β-unsaturated/α-hetero) is 1. The summed E-state index contributed by atoms with van der Waals surface area (Å²) in [7, 11) is 1.70. The minimum absolute atomic E-state index is 0.0611. The fourth-order valence-electron chi connectivity index (χ4n) is 3.01. The SMILES string of the molecule is COCCCn1c(C)cc(C(=O)CSc2nnc(Cc3csc(C)n3)o2)c1C. The molecule has 150 valence electrons. The molecule has 0 bridgehead atoms. The van der Waals surface area contributed by atoms with E-state index in [4.69, 9.17) is 9.15 Å². The average Bonchev–Trinajstić information content (AvgIpc) is 3.35. The third-order valence-electron chi connectivity index (χ3n) is 4.38. The fraction of sp³-hybridized carbons (Fsp3) is 0.474. The third kappa shape index (κ3) is 5.09. The molecule has 0 spiro atoms. The van der Waals surface area contributed by atoms with E-state index in [2.05, 4.69) is 19.7 Å². The lowest BCUT2D eigenvalue weighted by molar-refractivity contribution is 0.102. The van der Waals surface area contributed by atoms with E-state index in [-0.39, 0.29) is 11.5 Å². The maximum Gasteiger partial charge on any atom is 0.277 e. The van der Waals surface area contributed by atoms with Crippen LogP contribution in [0.5, 0.6) is 0 Å². The van der Waals surface area contributed by atoms with E-state index < -0.39 is 0 Å². The minimum Gasteiger partial charge on any atom is -0.416 e. The Balaban J connectivity index is 1.58. The minimum atomic E-state index is 0.0611. The summed E-state index contributed by atoms with van der Waals surface area (Å²) in [5, 5.41) is 11.5. The van der Waals surface area contributed by atoms with Crippen molar-refractivity contribution in [2.24, 2.45) is 0 Å². The van der Waals surface area contributed by atoms with Crippen molar-refractivity contribution >= 4 is 28.9 Å². The number of nitrogens with zero attached hydrogens (tertiary/aromatic N) is 4. The first-order valence-electron chi connectivity index (χ1n) is 9.03. The Hall–Kier alpha value is -1.97. The van der Waals surface area contributed by atoms with E-state index in [1.165, 1.54) is 11.8 Å². The van der Waals surface area contributed by atoms with Crippen LogP contribution in [-0.4, -0.2) is 45.0 Å². The number of ether oxygens (including phenoxy) is 1. The second-order valence-electron chi connectivity index (χ2n) is 6.49. The Kier molecular flexibility index (Phi) is 7.03. The summed E-state index contributed by atoms with van der Waals surface area (Å²) in [6, 6.07) is 1.95. The van der Waals surface area contributed by atoms with Crippen molar-refractivity contribution < 1.29 is 13.9 Å². The van der Waals surface area contributed by atoms with Crippen LogP contribution in [0.2, 0.25) is 0 Å². The van der Waals surface area contributed by atoms with Crippen molar-refractivity contribution in [2.45, 2.75) is 45.4 Å². The molecule has 0 fully saturated rings. The monoisotopic (exact) mass is 420 g/mol. The van der Waals surface area contributed by atoms with Gasteiger partial charge in [-0.1, -0.05) is 11.8 Å². The van der Waals surface area contributed by atoms with Gasteiger partial charge in [-0.2, -0.15) is 0 Å². The van der Waals surface area contributed by atoms with Crippen LogP contribution in [0.1, 0.15) is 44.8 Å². The van der Waals surface area contributed by atoms with Crippen LogP contribution in [0.4, 0.5) is 0 Å². The molecule has 7 nitrogen and oxygen atoms in total. The molecule has 28 heavy (non-hydrogen) atoms. The van der Waals surface area contributed by atoms with E-state index in [9.17, 15) is 4.79 Å². The summed E-state index contributed by atoms with van der Waals surface area (Å²) in [5.74, 6) is 0.835.